The molecule has 0 bridgehead atoms. The van der Waals surface area contributed by atoms with E-state index in [2.05, 4.69) is 16.2 Å². The van der Waals surface area contributed by atoms with Crippen molar-refractivity contribution in [1.82, 2.24) is 19.5 Å². The van der Waals surface area contributed by atoms with Crippen LogP contribution in [0.4, 0.5) is 4.39 Å². The van der Waals surface area contributed by atoms with E-state index in [0.717, 1.165) is 0 Å². The summed E-state index contributed by atoms with van der Waals surface area (Å²) < 4.78 is 15.8. The first-order valence-corrected chi connectivity index (χ1v) is 9.24. The van der Waals surface area contributed by atoms with E-state index in [1.54, 1.807) is 39.9 Å². The number of amidine groups is 1. The first-order chi connectivity index (χ1) is 13.6. The smallest absolute Gasteiger partial charge is 0.160 e. The molecule has 3 heterocycles. The summed E-state index contributed by atoms with van der Waals surface area (Å²) in [6.07, 6.45) is 4.20. The molecule has 28 heavy (non-hydrogen) atoms. The Morgan fingerprint density at radius 1 is 1.21 bits per heavy atom. The number of benzene rings is 1. The van der Waals surface area contributed by atoms with Crippen molar-refractivity contribution >= 4 is 23.0 Å². The molecule has 1 aliphatic rings. The van der Waals surface area contributed by atoms with Crippen molar-refractivity contribution < 1.29 is 4.39 Å². The minimum atomic E-state index is -0.588. The average Bonchev–Trinajstić information content (AvgIpc) is 3.04. The highest BCUT2D eigenvalue weighted by Gasteiger charge is 2.27. The van der Waals surface area contributed by atoms with E-state index in [0.29, 0.717) is 40.9 Å². The fraction of sp³-hybridized carbons (Fsp3) is 0.211. The number of alkyl halides is 1. The number of halogens is 2. The van der Waals surface area contributed by atoms with Gasteiger partial charge in [-0.25, -0.2) is 18.9 Å². The lowest BCUT2D eigenvalue weighted by Crippen LogP contribution is -2.49. The lowest BCUT2D eigenvalue weighted by atomic mass is 10.1. The predicted molar refractivity (Wildman–Crippen MR) is 105 cm³/mol. The predicted octanol–water partition coefficient (Wildman–Crippen LogP) is 1.65. The molecule has 1 aliphatic heterocycles. The van der Waals surface area contributed by atoms with Crippen molar-refractivity contribution in [3.05, 3.63) is 77.4 Å². The molecule has 143 valence electrons. The number of imidazole rings is 1. The van der Waals surface area contributed by atoms with Gasteiger partial charge in [-0.15, -0.1) is 11.6 Å². The maximum atomic E-state index is 14.2. The van der Waals surface area contributed by atoms with Crippen molar-refractivity contribution in [2.24, 2.45) is 16.5 Å². The van der Waals surface area contributed by atoms with Crippen molar-refractivity contribution in [3.8, 4) is 0 Å². The largest absolute Gasteiger partial charge is 0.383 e. The molecule has 4 N–H and O–H groups in total. The minimum Gasteiger partial charge on any atom is -0.383 e. The number of nitrogens with zero attached hydrogens (tertiary/aromatic N) is 5. The molecule has 0 spiro atoms. The zero-order valence-electron chi connectivity index (χ0n) is 14.9. The Kier molecular flexibility index (Phi) is 4.97. The summed E-state index contributed by atoms with van der Waals surface area (Å²) in [6, 6.07) is 10.3. The number of hydrogen-bond acceptors (Lipinski definition) is 6. The van der Waals surface area contributed by atoms with Crippen LogP contribution in [0.1, 0.15) is 17.1 Å². The van der Waals surface area contributed by atoms with Gasteiger partial charge in [0.1, 0.15) is 29.3 Å². The van der Waals surface area contributed by atoms with Crippen LogP contribution >= 0.6 is 11.6 Å². The van der Waals surface area contributed by atoms with E-state index in [4.69, 9.17) is 28.1 Å². The quantitative estimate of drug-likeness (QED) is 0.637. The van der Waals surface area contributed by atoms with E-state index < -0.39 is 6.17 Å². The molecular formula is C19H18ClFN7. The summed E-state index contributed by atoms with van der Waals surface area (Å²) in [5.74, 6) is 1.32. The normalized spacial score (nSPS) is 17.0. The number of fused-ring (bicyclic) bond motifs is 1. The molecule has 1 atom stereocenters. The molecule has 0 aliphatic carbocycles. The Hall–Kier alpha value is -2.97. The fourth-order valence-corrected chi connectivity index (χ4v) is 3.36. The molecule has 3 aromatic rings. The van der Waals surface area contributed by atoms with Crippen molar-refractivity contribution in [2.45, 2.75) is 12.6 Å². The zero-order chi connectivity index (χ0) is 19.7. The van der Waals surface area contributed by atoms with Crippen LogP contribution in [0.25, 0.3) is 5.52 Å². The fourth-order valence-electron chi connectivity index (χ4n) is 3.18. The molecule has 7 nitrogen and oxygen atoms in total. The lowest BCUT2D eigenvalue weighted by Gasteiger charge is -2.31. The molecule has 0 saturated heterocycles. The first kappa shape index (κ1) is 18.4. The van der Waals surface area contributed by atoms with Gasteiger partial charge in [0, 0.05) is 31.1 Å². The topological polar surface area (TPSA) is 97.8 Å². The molecule has 9 heteroatoms. The third-order valence-corrected chi connectivity index (χ3v) is 4.62. The molecule has 0 saturated carbocycles. The Bertz CT molecular complexity index is 1080. The minimum absolute atomic E-state index is 0.189. The van der Waals surface area contributed by atoms with Crippen LogP contribution < -0.4 is 11.5 Å². The molecular weight excluding hydrogens is 381 g/mol. The summed E-state index contributed by atoms with van der Waals surface area (Å²) in [5.41, 5.74) is 13.8. The van der Waals surface area contributed by atoms with Gasteiger partial charge < -0.3 is 16.4 Å². The highest BCUT2D eigenvalue weighted by Crippen LogP contribution is 2.21. The number of hydrogen-bond donors (Lipinski definition) is 2. The zero-order valence-corrected chi connectivity index (χ0v) is 15.6. The van der Waals surface area contributed by atoms with Gasteiger partial charge in [0.15, 0.2) is 5.84 Å². The molecule has 2 aromatic heterocycles. The lowest BCUT2D eigenvalue weighted by molar-refractivity contribution is 0.368. The Morgan fingerprint density at radius 2 is 2.04 bits per heavy atom. The van der Waals surface area contributed by atoms with Crippen LogP contribution in [-0.4, -0.2) is 43.9 Å². The second-order valence-corrected chi connectivity index (χ2v) is 6.64. The third kappa shape index (κ3) is 3.32. The molecule has 0 amide bonds. The highest BCUT2D eigenvalue weighted by molar-refractivity contribution is 6.18. The monoisotopic (exact) mass is 398 g/mol. The number of nitrogens with two attached hydrogens (primary N) is 2. The van der Waals surface area contributed by atoms with E-state index in [1.165, 1.54) is 6.07 Å². The van der Waals surface area contributed by atoms with Gasteiger partial charge in [0.25, 0.3) is 0 Å². The summed E-state index contributed by atoms with van der Waals surface area (Å²) in [4.78, 5) is 10.9. The molecule has 0 fully saturated rings. The SMILES string of the molecule is NC1=[C]C(N)N(CCCl)C(c2nc(Cc3ccccc3F)n3ncccc23)=N1. The van der Waals surface area contributed by atoms with E-state index >= 15 is 0 Å². The highest BCUT2D eigenvalue weighted by atomic mass is 35.5. The summed E-state index contributed by atoms with van der Waals surface area (Å²) >= 11 is 5.94. The molecule has 1 aromatic carbocycles. The van der Waals surface area contributed by atoms with Gasteiger partial charge in [0.05, 0.1) is 5.52 Å². The molecule has 4 rings (SSSR count). The van der Waals surface area contributed by atoms with Crippen LogP contribution in [0.3, 0.4) is 0 Å². The standard InChI is InChI=1S/C19H18ClFN7/c20-7-9-27-16(23)11-15(22)25-19(27)18-14-6-3-8-24-28(14)17(26-18)10-12-4-1-2-5-13(12)21/h1-6,8,16H,7,9-10,22-23H2. The number of rotatable bonds is 5. The number of aromatic nitrogens is 3. The second-order valence-electron chi connectivity index (χ2n) is 6.26. The molecule has 1 radical (unpaired) electrons. The van der Waals surface area contributed by atoms with Crippen LogP contribution in [0.2, 0.25) is 0 Å². The summed E-state index contributed by atoms with van der Waals surface area (Å²) in [6.45, 7) is 0.448. The van der Waals surface area contributed by atoms with Gasteiger partial charge in [-0.2, -0.15) is 5.10 Å². The van der Waals surface area contributed by atoms with Crippen molar-refractivity contribution in [2.75, 3.05) is 12.4 Å². The maximum Gasteiger partial charge on any atom is 0.160 e. The summed E-state index contributed by atoms with van der Waals surface area (Å²) in [7, 11) is 0. The van der Waals surface area contributed by atoms with Crippen LogP contribution in [-0.2, 0) is 6.42 Å². The van der Waals surface area contributed by atoms with Crippen molar-refractivity contribution in [3.63, 3.8) is 0 Å². The van der Waals surface area contributed by atoms with Crippen molar-refractivity contribution in [1.29, 1.82) is 0 Å². The number of aliphatic imine (C=N–C) groups is 1. The second kappa shape index (κ2) is 7.57. The Balaban J connectivity index is 1.84. The average molecular weight is 399 g/mol. The molecule has 1 unspecified atom stereocenters. The third-order valence-electron chi connectivity index (χ3n) is 4.45. The first-order valence-electron chi connectivity index (χ1n) is 8.70. The van der Waals surface area contributed by atoms with Gasteiger partial charge >= 0.3 is 0 Å². The van der Waals surface area contributed by atoms with E-state index in [9.17, 15) is 4.39 Å². The van der Waals surface area contributed by atoms with Gasteiger partial charge in [-0.3, -0.25) is 0 Å². The van der Waals surface area contributed by atoms with Gasteiger partial charge in [0.2, 0.25) is 0 Å². The maximum absolute atomic E-state index is 14.2. The van der Waals surface area contributed by atoms with Crippen LogP contribution in [0.15, 0.2) is 53.4 Å². The Labute approximate surface area is 166 Å². The summed E-state index contributed by atoms with van der Waals surface area (Å²) in [5, 5.41) is 4.38. The van der Waals surface area contributed by atoms with E-state index in [-0.39, 0.29) is 18.1 Å². The van der Waals surface area contributed by atoms with E-state index in [1.807, 2.05) is 6.07 Å². The van der Waals surface area contributed by atoms with Crippen LogP contribution in [0.5, 0.6) is 0 Å². The Morgan fingerprint density at radius 3 is 2.82 bits per heavy atom. The van der Waals surface area contributed by atoms with Gasteiger partial charge in [-0.05, 0) is 23.8 Å². The van der Waals surface area contributed by atoms with Crippen LogP contribution in [0, 0.1) is 11.9 Å². The van der Waals surface area contributed by atoms with Gasteiger partial charge in [-0.1, -0.05) is 18.2 Å².